The van der Waals surface area contributed by atoms with Gasteiger partial charge in [-0.15, -0.1) is 0 Å². The second-order valence-corrected chi connectivity index (χ2v) is 5.52. The van der Waals surface area contributed by atoms with Crippen LogP contribution in [0.5, 0.6) is 11.6 Å². The van der Waals surface area contributed by atoms with Crippen molar-refractivity contribution in [2.24, 2.45) is 0 Å². The largest absolute Gasteiger partial charge is 0.439 e. The van der Waals surface area contributed by atoms with Gasteiger partial charge in [-0.3, -0.25) is 14.9 Å². The third-order valence-corrected chi connectivity index (χ3v) is 3.56. The van der Waals surface area contributed by atoms with Crippen molar-refractivity contribution in [2.75, 3.05) is 0 Å². The summed E-state index contributed by atoms with van der Waals surface area (Å²) in [6.45, 7) is 0. The summed E-state index contributed by atoms with van der Waals surface area (Å²) in [5.41, 5.74) is 0.373. The number of nitrogens with one attached hydrogen (secondary N) is 1. The van der Waals surface area contributed by atoms with Crippen molar-refractivity contribution in [3.8, 4) is 11.6 Å². The molecular formula is C14H8ClN3O3S. The van der Waals surface area contributed by atoms with E-state index < -0.39 is 11.1 Å². The molecule has 0 saturated carbocycles. The van der Waals surface area contributed by atoms with Crippen molar-refractivity contribution >= 4 is 40.6 Å². The topological polar surface area (TPSA) is 81.2 Å². The molecule has 1 N–H and O–H groups in total. The van der Waals surface area contributed by atoms with Crippen molar-refractivity contribution < 1.29 is 14.3 Å². The minimum atomic E-state index is -0.463. The van der Waals surface area contributed by atoms with Crippen molar-refractivity contribution in [3.63, 3.8) is 0 Å². The van der Waals surface area contributed by atoms with Crippen molar-refractivity contribution in [1.82, 2.24) is 15.3 Å². The summed E-state index contributed by atoms with van der Waals surface area (Å²) in [6.07, 6.45) is 1.45. The lowest BCUT2D eigenvalue weighted by Crippen LogP contribution is -2.17. The molecule has 110 valence electrons. The summed E-state index contributed by atoms with van der Waals surface area (Å²) in [4.78, 5) is 30.9. The highest BCUT2D eigenvalue weighted by molar-refractivity contribution is 8.18. The van der Waals surface area contributed by atoms with Crippen LogP contribution < -0.4 is 10.1 Å². The smallest absolute Gasteiger partial charge is 0.290 e. The second kappa shape index (κ2) is 6.17. The molecule has 1 aromatic carbocycles. The normalized spacial score (nSPS) is 16.0. The first-order valence-corrected chi connectivity index (χ1v) is 7.32. The number of carbonyl (C=O) groups is 2. The lowest BCUT2D eigenvalue weighted by atomic mass is 10.3. The molecule has 2 amide bonds. The van der Waals surface area contributed by atoms with Crippen LogP contribution in [-0.4, -0.2) is 21.1 Å². The Morgan fingerprint density at radius 3 is 2.64 bits per heavy atom. The molecule has 0 aliphatic carbocycles. The van der Waals surface area contributed by atoms with Crippen LogP contribution in [0.2, 0.25) is 5.28 Å². The van der Waals surface area contributed by atoms with Crippen LogP contribution in [0, 0.1) is 0 Å². The molecule has 1 aromatic heterocycles. The van der Waals surface area contributed by atoms with Gasteiger partial charge in [0.1, 0.15) is 5.75 Å². The average Bonchev–Trinajstić information content (AvgIpc) is 2.77. The Bertz CT molecular complexity index is 780. The first-order chi connectivity index (χ1) is 10.6. The second-order valence-electron chi connectivity index (χ2n) is 4.17. The van der Waals surface area contributed by atoms with Gasteiger partial charge < -0.3 is 4.74 Å². The van der Waals surface area contributed by atoms with Gasteiger partial charge in [0.15, 0.2) is 0 Å². The summed E-state index contributed by atoms with van der Waals surface area (Å²) in [7, 11) is 0. The Hall–Kier alpha value is -2.38. The fourth-order valence-corrected chi connectivity index (χ4v) is 2.55. The number of nitrogens with zero attached hydrogens (tertiary/aromatic N) is 2. The van der Waals surface area contributed by atoms with E-state index in [9.17, 15) is 9.59 Å². The SMILES string of the molecule is O=C1NC(=O)/C(=C/c2cc(Oc3ccccc3)nc(Cl)n2)S1. The Labute approximate surface area is 134 Å². The summed E-state index contributed by atoms with van der Waals surface area (Å²) < 4.78 is 5.57. The number of benzene rings is 1. The molecule has 1 aliphatic rings. The van der Waals surface area contributed by atoms with Crippen LogP contribution in [0.15, 0.2) is 41.3 Å². The number of halogens is 1. The maximum atomic E-state index is 11.5. The van der Waals surface area contributed by atoms with E-state index in [-0.39, 0.29) is 16.1 Å². The first-order valence-electron chi connectivity index (χ1n) is 6.12. The van der Waals surface area contributed by atoms with Crippen LogP contribution in [0.3, 0.4) is 0 Å². The molecule has 22 heavy (non-hydrogen) atoms. The molecule has 0 unspecified atom stereocenters. The van der Waals surface area contributed by atoms with Gasteiger partial charge >= 0.3 is 0 Å². The molecule has 0 bridgehead atoms. The Morgan fingerprint density at radius 1 is 1.18 bits per heavy atom. The minimum Gasteiger partial charge on any atom is -0.439 e. The maximum absolute atomic E-state index is 11.5. The Kier molecular flexibility index (Phi) is 4.08. The molecule has 2 heterocycles. The predicted molar refractivity (Wildman–Crippen MR) is 82.7 cm³/mol. The molecule has 0 radical (unpaired) electrons. The molecule has 2 aromatic rings. The quantitative estimate of drug-likeness (QED) is 0.686. The standard InChI is InChI=1S/C14H8ClN3O3S/c15-13-16-8(6-10-12(19)18-14(20)22-10)7-11(17-13)21-9-4-2-1-3-5-9/h1-7H,(H,18,19,20)/b10-6-. The van der Waals surface area contributed by atoms with Crippen LogP contribution in [-0.2, 0) is 4.79 Å². The third kappa shape index (κ3) is 3.44. The van der Waals surface area contributed by atoms with Gasteiger partial charge in [0.2, 0.25) is 11.2 Å². The van der Waals surface area contributed by atoms with E-state index in [1.54, 1.807) is 12.1 Å². The van der Waals surface area contributed by atoms with Crippen LogP contribution in [0.25, 0.3) is 6.08 Å². The number of para-hydroxylation sites is 1. The van der Waals surface area contributed by atoms with Crippen LogP contribution in [0.1, 0.15) is 5.69 Å². The predicted octanol–water partition coefficient (Wildman–Crippen LogP) is 3.25. The van der Waals surface area contributed by atoms with E-state index in [0.717, 1.165) is 11.8 Å². The molecule has 8 heteroatoms. The van der Waals surface area contributed by atoms with Gasteiger partial charge in [0, 0.05) is 6.07 Å². The molecule has 3 rings (SSSR count). The van der Waals surface area contributed by atoms with Crippen molar-refractivity contribution in [2.45, 2.75) is 0 Å². The molecule has 0 spiro atoms. The molecule has 6 nitrogen and oxygen atoms in total. The lowest BCUT2D eigenvalue weighted by molar-refractivity contribution is -0.115. The zero-order valence-corrected chi connectivity index (χ0v) is 12.5. The van der Waals surface area contributed by atoms with Gasteiger partial charge in [0.25, 0.3) is 11.1 Å². The monoisotopic (exact) mass is 333 g/mol. The maximum Gasteiger partial charge on any atom is 0.290 e. The number of rotatable bonds is 3. The van der Waals surface area contributed by atoms with Gasteiger partial charge in [0.05, 0.1) is 10.6 Å². The van der Waals surface area contributed by atoms with Gasteiger partial charge in [-0.05, 0) is 41.6 Å². The van der Waals surface area contributed by atoms with Crippen LogP contribution in [0.4, 0.5) is 4.79 Å². The minimum absolute atomic E-state index is 0.0185. The van der Waals surface area contributed by atoms with Crippen molar-refractivity contribution in [3.05, 3.63) is 52.3 Å². The van der Waals surface area contributed by atoms with E-state index in [0.29, 0.717) is 11.4 Å². The number of ether oxygens (including phenoxy) is 1. The highest BCUT2D eigenvalue weighted by atomic mass is 35.5. The number of hydrogen-bond donors (Lipinski definition) is 1. The molecule has 1 fully saturated rings. The van der Waals surface area contributed by atoms with Gasteiger partial charge in [-0.25, -0.2) is 4.98 Å². The first kappa shape index (κ1) is 14.6. The highest BCUT2D eigenvalue weighted by Gasteiger charge is 2.25. The molecule has 1 saturated heterocycles. The molecule has 1 aliphatic heterocycles. The molecule has 0 atom stereocenters. The number of carbonyl (C=O) groups excluding carboxylic acids is 2. The van der Waals surface area contributed by atoms with Gasteiger partial charge in [-0.2, -0.15) is 4.98 Å². The Morgan fingerprint density at radius 2 is 1.95 bits per heavy atom. The van der Waals surface area contributed by atoms with E-state index >= 15 is 0 Å². The zero-order chi connectivity index (χ0) is 15.5. The van der Waals surface area contributed by atoms with Gasteiger partial charge in [-0.1, -0.05) is 18.2 Å². The summed E-state index contributed by atoms with van der Waals surface area (Å²) >= 11 is 6.66. The Balaban J connectivity index is 1.89. The third-order valence-electron chi connectivity index (χ3n) is 2.58. The summed E-state index contributed by atoms with van der Waals surface area (Å²) in [6, 6.07) is 10.6. The van der Waals surface area contributed by atoms with E-state index in [4.69, 9.17) is 16.3 Å². The number of amides is 2. The summed E-state index contributed by atoms with van der Waals surface area (Å²) in [5.74, 6) is 0.377. The number of aromatic nitrogens is 2. The van der Waals surface area contributed by atoms with E-state index in [1.165, 1.54) is 12.1 Å². The highest BCUT2D eigenvalue weighted by Crippen LogP contribution is 2.27. The number of hydrogen-bond acceptors (Lipinski definition) is 6. The molecular weight excluding hydrogens is 326 g/mol. The zero-order valence-electron chi connectivity index (χ0n) is 10.9. The lowest BCUT2D eigenvalue weighted by Gasteiger charge is -2.05. The van der Waals surface area contributed by atoms with Crippen LogP contribution >= 0.6 is 23.4 Å². The van der Waals surface area contributed by atoms with Crippen molar-refractivity contribution in [1.29, 1.82) is 0 Å². The number of imide groups is 1. The van der Waals surface area contributed by atoms with E-state index in [1.807, 2.05) is 18.2 Å². The summed E-state index contributed by atoms with van der Waals surface area (Å²) in [5, 5.41) is 1.73. The average molecular weight is 334 g/mol. The number of thioether (sulfide) groups is 1. The fourth-order valence-electron chi connectivity index (χ4n) is 1.70. The van der Waals surface area contributed by atoms with E-state index in [2.05, 4.69) is 15.3 Å². The fraction of sp³-hybridized carbons (Fsp3) is 0.